The monoisotopic (exact) mass is 402 g/mol. The highest BCUT2D eigenvalue weighted by molar-refractivity contribution is 6.31. The number of carboxylic acids is 1. The predicted molar refractivity (Wildman–Crippen MR) is 94.9 cm³/mol. The molecule has 0 fully saturated rings. The molecule has 0 spiro atoms. The average molecular weight is 403 g/mol. The number of carboxylic acid groups (broad SMARTS) is 1. The molecule has 1 heterocycles. The second-order valence-electron chi connectivity index (χ2n) is 5.74. The molecule has 1 N–H and O–H groups in total. The van der Waals surface area contributed by atoms with Gasteiger partial charge in [-0.3, -0.25) is 4.68 Å². The number of hydrogen-bond acceptors (Lipinski definition) is 3. The van der Waals surface area contributed by atoms with Gasteiger partial charge in [-0.05, 0) is 30.2 Å². The van der Waals surface area contributed by atoms with Gasteiger partial charge in [0.15, 0.2) is 0 Å². The third-order valence-corrected chi connectivity index (χ3v) is 3.99. The number of carbonyl (C=O) groups is 1. The van der Waals surface area contributed by atoms with Crippen LogP contribution in [0.1, 0.15) is 36.6 Å². The van der Waals surface area contributed by atoms with E-state index in [1.165, 1.54) is 16.8 Å². The van der Waals surface area contributed by atoms with Crippen molar-refractivity contribution in [3.05, 3.63) is 52.2 Å². The summed E-state index contributed by atoms with van der Waals surface area (Å²) in [5.74, 6) is -0.833. The predicted octanol–water partition coefficient (Wildman–Crippen LogP) is 4.88. The van der Waals surface area contributed by atoms with Gasteiger partial charge in [-0.1, -0.05) is 31.0 Å². The Hall–Kier alpha value is -2.48. The van der Waals surface area contributed by atoms with Crippen LogP contribution in [-0.2, 0) is 17.5 Å². The highest BCUT2D eigenvalue weighted by Crippen LogP contribution is 2.32. The number of unbranched alkanes of at least 4 members (excludes halogenated alkanes) is 1. The molecule has 1 aromatic heterocycles. The van der Waals surface area contributed by atoms with Crippen molar-refractivity contribution in [2.45, 2.75) is 32.5 Å². The van der Waals surface area contributed by atoms with E-state index in [2.05, 4.69) is 5.10 Å². The number of aromatic nitrogens is 2. The number of aliphatic carboxylic acids is 1. The van der Waals surface area contributed by atoms with Crippen LogP contribution in [0.5, 0.6) is 5.88 Å². The first-order valence-corrected chi connectivity index (χ1v) is 8.55. The maximum Gasteiger partial charge on any atom is 0.416 e. The normalized spacial score (nSPS) is 11.9. The Bertz CT molecular complexity index is 832. The summed E-state index contributed by atoms with van der Waals surface area (Å²) in [4.78, 5) is 10.8. The molecule has 0 amide bonds. The zero-order chi connectivity index (χ0) is 20.0. The second-order valence-corrected chi connectivity index (χ2v) is 6.15. The molecule has 2 rings (SSSR count). The van der Waals surface area contributed by atoms with Crippen LogP contribution < -0.4 is 4.74 Å². The molecule has 0 aliphatic heterocycles. The largest absolute Gasteiger partial charge is 0.478 e. The summed E-state index contributed by atoms with van der Waals surface area (Å²) in [5.41, 5.74) is 0.00372. The van der Waals surface area contributed by atoms with E-state index in [0.29, 0.717) is 23.7 Å². The summed E-state index contributed by atoms with van der Waals surface area (Å²) >= 11 is 5.99. The number of benzene rings is 1. The van der Waals surface area contributed by atoms with Crippen LogP contribution in [0.25, 0.3) is 6.08 Å². The van der Waals surface area contributed by atoms with Crippen molar-refractivity contribution < 1.29 is 27.8 Å². The lowest BCUT2D eigenvalue weighted by Gasteiger charge is -2.11. The van der Waals surface area contributed by atoms with E-state index in [0.717, 1.165) is 31.1 Å². The van der Waals surface area contributed by atoms with E-state index in [1.807, 2.05) is 6.92 Å². The van der Waals surface area contributed by atoms with Crippen LogP contribution >= 0.6 is 11.6 Å². The second kappa shape index (κ2) is 8.94. The minimum atomic E-state index is -4.48. The SMILES string of the molecule is CCCCOc1cc(C=CC(=O)O)n(Cc2ccc(C(F)(F)F)cc2Cl)n1. The Kier molecular flexibility index (Phi) is 6.90. The highest BCUT2D eigenvalue weighted by atomic mass is 35.5. The van der Waals surface area contributed by atoms with Crippen LogP contribution in [0.2, 0.25) is 5.02 Å². The maximum atomic E-state index is 12.8. The van der Waals surface area contributed by atoms with E-state index in [9.17, 15) is 18.0 Å². The van der Waals surface area contributed by atoms with Gasteiger partial charge in [0, 0.05) is 17.2 Å². The molecule has 0 unspecified atom stereocenters. The average Bonchev–Trinajstić information content (AvgIpc) is 2.96. The summed E-state index contributed by atoms with van der Waals surface area (Å²) in [6, 6.07) is 4.63. The molecule has 5 nitrogen and oxygen atoms in total. The minimum Gasteiger partial charge on any atom is -0.478 e. The molecule has 9 heteroatoms. The van der Waals surface area contributed by atoms with Gasteiger partial charge in [0.2, 0.25) is 5.88 Å². The first-order chi connectivity index (χ1) is 12.7. The summed E-state index contributed by atoms with van der Waals surface area (Å²) < 4.78 is 45.2. The topological polar surface area (TPSA) is 64.3 Å². The minimum absolute atomic E-state index is 0.0538. The van der Waals surface area contributed by atoms with Crippen LogP contribution in [0, 0.1) is 0 Å². The molecule has 27 heavy (non-hydrogen) atoms. The Labute approximate surface area is 159 Å². The van der Waals surface area contributed by atoms with Crippen LogP contribution in [0.15, 0.2) is 30.3 Å². The first kappa shape index (κ1) is 20.8. The summed E-state index contributed by atoms with van der Waals surface area (Å²) in [6.07, 6.45) is -0.438. The number of ether oxygens (including phenoxy) is 1. The van der Waals surface area contributed by atoms with Gasteiger partial charge in [0.25, 0.3) is 0 Å². The Morgan fingerprint density at radius 3 is 2.70 bits per heavy atom. The van der Waals surface area contributed by atoms with Gasteiger partial charge >= 0.3 is 12.1 Å². The summed E-state index contributed by atoms with van der Waals surface area (Å²) in [7, 11) is 0. The molecule has 0 bridgehead atoms. The van der Waals surface area contributed by atoms with Crippen LogP contribution in [0.3, 0.4) is 0 Å². The molecule has 0 saturated carbocycles. The first-order valence-electron chi connectivity index (χ1n) is 8.18. The van der Waals surface area contributed by atoms with Crippen molar-refractivity contribution in [2.75, 3.05) is 6.61 Å². The number of rotatable bonds is 8. The van der Waals surface area contributed by atoms with Gasteiger partial charge < -0.3 is 9.84 Å². The third-order valence-electron chi connectivity index (χ3n) is 3.63. The molecule has 146 valence electrons. The zero-order valence-corrected chi connectivity index (χ0v) is 15.2. The van der Waals surface area contributed by atoms with Crippen LogP contribution in [0.4, 0.5) is 13.2 Å². The smallest absolute Gasteiger partial charge is 0.416 e. The molecule has 0 saturated heterocycles. The number of hydrogen-bond donors (Lipinski definition) is 1. The van der Waals surface area contributed by atoms with E-state index < -0.39 is 17.7 Å². The number of halogens is 4. The van der Waals surface area contributed by atoms with Gasteiger partial charge in [-0.15, -0.1) is 5.10 Å². The highest BCUT2D eigenvalue weighted by Gasteiger charge is 2.30. The Morgan fingerprint density at radius 2 is 2.11 bits per heavy atom. The standard InChI is InChI=1S/C18H18ClF3N2O3/c1-2-3-8-27-16-10-14(6-7-17(25)26)24(23-16)11-12-4-5-13(9-15(12)19)18(20,21)22/h4-7,9-10H,2-3,8,11H2,1H3,(H,25,26). The quantitative estimate of drug-likeness (QED) is 0.505. The molecule has 2 aromatic rings. The van der Waals surface area contributed by atoms with Crippen molar-refractivity contribution in [3.8, 4) is 5.88 Å². The van der Waals surface area contributed by atoms with Crippen LogP contribution in [-0.4, -0.2) is 27.5 Å². The lowest BCUT2D eigenvalue weighted by molar-refractivity contribution is -0.137. The van der Waals surface area contributed by atoms with E-state index in [4.69, 9.17) is 21.4 Å². The molecular weight excluding hydrogens is 385 g/mol. The third kappa shape index (κ3) is 6.02. The van der Waals surface area contributed by atoms with Gasteiger partial charge in [-0.25, -0.2) is 4.79 Å². The van der Waals surface area contributed by atoms with Crippen molar-refractivity contribution in [2.24, 2.45) is 0 Å². The molecule has 0 atom stereocenters. The maximum absolute atomic E-state index is 12.8. The fourth-order valence-corrected chi connectivity index (χ4v) is 2.47. The van der Waals surface area contributed by atoms with Crippen molar-refractivity contribution in [3.63, 3.8) is 0 Å². The van der Waals surface area contributed by atoms with E-state index >= 15 is 0 Å². The lowest BCUT2D eigenvalue weighted by Crippen LogP contribution is -2.08. The molecule has 1 aromatic carbocycles. The number of alkyl halides is 3. The summed E-state index contributed by atoms with van der Waals surface area (Å²) in [5, 5.41) is 13.0. The lowest BCUT2D eigenvalue weighted by atomic mass is 10.1. The summed E-state index contributed by atoms with van der Waals surface area (Å²) in [6.45, 7) is 2.53. The molecule has 0 aliphatic rings. The fraction of sp³-hybridized carbons (Fsp3) is 0.333. The van der Waals surface area contributed by atoms with E-state index in [-0.39, 0.29) is 11.6 Å². The molecule has 0 radical (unpaired) electrons. The number of nitrogens with zero attached hydrogens (tertiary/aromatic N) is 2. The molecular formula is C18H18ClF3N2O3. The van der Waals surface area contributed by atoms with Gasteiger partial charge in [0.1, 0.15) is 0 Å². The van der Waals surface area contributed by atoms with Crippen molar-refractivity contribution in [1.29, 1.82) is 0 Å². The Morgan fingerprint density at radius 1 is 1.37 bits per heavy atom. The van der Waals surface area contributed by atoms with Crippen molar-refractivity contribution in [1.82, 2.24) is 9.78 Å². The fourth-order valence-electron chi connectivity index (χ4n) is 2.23. The van der Waals surface area contributed by atoms with Gasteiger partial charge in [0.05, 0.1) is 24.4 Å². The zero-order valence-electron chi connectivity index (χ0n) is 14.5. The Balaban J connectivity index is 2.29. The van der Waals surface area contributed by atoms with Gasteiger partial charge in [-0.2, -0.15) is 13.2 Å². The molecule has 0 aliphatic carbocycles. The van der Waals surface area contributed by atoms with Crippen molar-refractivity contribution >= 4 is 23.6 Å². The van der Waals surface area contributed by atoms with E-state index in [1.54, 1.807) is 6.07 Å².